The van der Waals surface area contributed by atoms with Crippen molar-refractivity contribution in [2.24, 2.45) is 0 Å². The second-order valence-corrected chi connectivity index (χ2v) is 5.65. The fourth-order valence-corrected chi connectivity index (χ4v) is 2.25. The predicted octanol–water partition coefficient (Wildman–Crippen LogP) is 3.78. The highest BCUT2D eigenvalue weighted by atomic mass is 16.5. The normalized spacial score (nSPS) is 13.0. The number of aromatic nitrogens is 1. The lowest BCUT2D eigenvalue weighted by molar-refractivity contribution is -0.123. The van der Waals surface area contributed by atoms with Gasteiger partial charge in [0.05, 0.1) is 0 Å². The van der Waals surface area contributed by atoms with Gasteiger partial charge >= 0.3 is 5.97 Å². The van der Waals surface area contributed by atoms with Gasteiger partial charge in [0.2, 0.25) is 0 Å². The molecule has 0 spiro atoms. The molecule has 2 aromatic rings. The van der Waals surface area contributed by atoms with Crippen LogP contribution in [0.1, 0.15) is 49.2 Å². The van der Waals surface area contributed by atoms with Gasteiger partial charge in [-0.1, -0.05) is 38.1 Å². The van der Waals surface area contributed by atoms with Crippen molar-refractivity contribution in [2.45, 2.75) is 39.2 Å². The number of ether oxygens (including phenoxy) is 1. The van der Waals surface area contributed by atoms with Gasteiger partial charge in [0.1, 0.15) is 5.69 Å². The van der Waals surface area contributed by atoms with Crippen LogP contribution in [0.4, 0.5) is 5.69 Å². The van der Waals surface area contributed by atoms with Crippen molar-refractivity contribution in [1.82, 2.24) is 4.98 Å². The van der Waals surface area contributed by atoms with Crippen molar-refractivity contribution in [2.75, 3.05) is 5.32 Å². The molecule has 0 unspecified atom stereocenters. The second kappa shape index (κ2) is 8.24. The number of para-hydroxylation sites is 1. The molecule has 24 heavy (non-hydrogen) atoms. The Labute approximate surface area is 142 Å². The van der Waals surface area contributed by atoms with E-state index in [1.807, 2.05) is 24.3 Å². The van der Waals surface area contributed by atoms with Gasteiger partial charge in [-0.25, -0.2) is 9.78 Å². The molecule has 0 aliphatic heterocycles. The van der Waals surface area contributed by atoms with Gasteiger partial charge in [0.25, 0.3) is 5.91 Å². The summed E-state index contributed by atoms with van der Waals surface area (Å²) in [7, 11) is 0. The standard InChI is InChI=1S/C19H22N2O3/c1-4-13(2)15-9-5-6-10-16(15)21-18(22)14(3)24-19(23)17-11-7-8-12-20-17/h5-14H,4H2,1-3H3,(H,21,22)/t13-,14-/m1/s1. The lowest BCUT2D eigenvalue weighted by Gasteiger charge is -2.18. The fraction of sp³-hybridized carbons (Fsp3) is 0.316. The Morgan fingerprint density at radius 2 is 1.83 bits per heavy atom. The highest BCUT2D eigenvalue weighted by Gasteiger charge is 2.21. The first-order chi connectivity index (χ1) is 11.5. The van der Waals surface area contributed by atoms with E-state index in [1.165, 1.54) is 6.20 Å². The molecule has 0 saturated carbocycles. The molecule has 0 saturated heterocycles. The van der Waals surface area contributed by atoms with Crippen molar-refractivity contribution < 1.29 is 14.3 Å². The summed E-state index contributed by atoms with van der Waals surface area (Å²) in [5, 5.41) is 2.85. The van der Waals surface area contributed by atoms with Gasteiger partial charge in [-0.3, -0.25) is 4.79 Å². The fourth-order valence-electron chi connectivity index (χ4n) is 2.25. The Bertz CT molecular complexity index is 701. The van der Waals surface area contributed by atoms with Crippen molar-refractivity contribution in [3.8, 4) is 0 Å². The van der Waals surface area contributed by atoms with Crippen LogP contribution in [-0.4, -0.2) is 23.0 Å². The third kappa shape index (κ3) is 4.41. The van der Waals surface area contributed by atoms with Gasteiger partial charge in [-0.15, -0.1) is 0 Å². The lowest BCUT2D eigenvalue weighted by Crippen LogP contribution is -2.30. The van der Waals surface area contributed by atoms with E-state index in [0.29, 0.717) is 5.92 Å². The monoisotopic (exact) mass is 326 g/mol. The SMILES string of the molecule is CC[C@@H](C)c1ccccc1NC(=O)[C@@H](C)OC(=O)c1ccccn1. The molecular weight excluding hydrogens is 304 g/mol. The molecular formula is C19H22N2O3. The van der Waals surface area contributed by atoms with Gasteiger partial charge in [-0.2, -0.15) is 0 Å². The number of hydrogen-bond acceptors (Lipinski definition) is 4. The maximum atomic E-state index is 12.3. The molecule has 0 aliphatic rings. The Hall–Kier alpha value is -2.69. The Morgan fingerprint density at radius 3 is 2.50 bits per heavy atom. The van der Waals surface area contributed by atoms with E-state index in [9.17, 15) is 9.59 Å². The van der Waals surface area contributed by atoms with Gasteiger partial charge in [0.15, 0.2) is 6.10 Å². The van der Waals surface area contributed by atoms with E-state index in [1.54, 1.807) is 25.1 Å². The first-order valence-electron chi connectivity index (χ1n) is 8.04. The quantitative estimate of drug-likeness (QED) is 0.820. The summed E-state index contributed by atoms with van der Waals surface area (Å²) in [6.45, 7) is 5.75. The average Bonchev–Trinajstić information content (AvgIpc) is 2.62. The molecule has 0 bridgehead atoms. The van der Waals surface area contributed by atoms with Crippen LogP contribution in [0.25, 0.3) is 0 Å². The molecule has 5 heteroatoms. The predicted molar refractivity (Wildman–Crippen MR) is 92.9 cm³/mol. The molecule has 0 aliphatic carbocycles. The third-order valence-corrected chi connectivity index (χ3v) is 3.89. The number of nitrogens with one attached hydrogen (secondary N) is 1. The average molecular weight is 326 g/mol. The van der Waals surface area contributed by atoms with E-state index >= 15 is 0 Å². The summed E-state index contributed by atoms with van der Waals surface area (Å²) < 4.78 is 5.18. The van der Waals surface area contributed by atoms with Crippen molar-refractivity contribution in [3.63, 3.8) is 0 Å². The van der Waals surface area contributed by atoms with Crippen LogP contribution in [0.15, 0.2) is 48.7 Å². The first kappa shape index (κ1) is 17.7. The number of benzene rings is 1. The van der Waals surface area contributed by atoms with Crippen LogP contribution in [0.5, 0.6) is 0 Å². The summed E-state index contributed by atoms with van der Waals surface area (Å²) in [5.74, 6) is -0.656. The molecule has 0 radical (unpaired) electrons. The summed E-state index contributed by atoms with van der Waals surface area (Å²) in [6, 6.07) is 12.6. The summed E-state index contributed by atoms with van der Waals surface area (Å²) in [5.41, 5.74) is 1.99. The van der Waals surface area contributed by atoms with Crippen LogP contribution in [0.3, 0.4) is 0 Å². The summed E-state index contributed by atoms with van der Waals surface area (Å²) in [6.07, 6.45) is 1.56. The third-order valence-electron chi connectivity index (χ3n) is 3.89. The van der Waals surface area contributed by atoms with Crippen LogP contribution in [0.2, 0.25) is 0 Å². The number of esters is 1. The summed E-state index contributed by atoms with van der Waals surface area (Å²) >= 11 is 0. The van der Waals surface area contributed by atoms with Crippen molar-refractivity contribution >= 4 is 17.6 Å². The zero-order valence-electron chi connectivity index (χ0n) is 14.2. The topological polar surface area (TPSA) is 68.3 Å². The van der Waals surface area contributed by atoms with Crippen molar-refractivity contribution in [1.29, 1.82) is 0 Å². The number of carbonyl (C=O) groups is 2. The minimum Gasteiger partial charge on any atom is -0.448 e. The van der Waals surface area contributed by atoms with E-state index in [0.717, 1.165) is 17.7 Å². The highest BCUT2D eigenvalue weighted by Crippen LogP contribution is 2.26. The van der Waals surface area contributed by atoms with Crippen LogP contribution in [-0.2, 0) is 9.53 Å². The largest absolute Gasteiger partial charge is 0.448 e. The Balaban J connectivity index is 2.03. The summed E-state index contributed by atoms with van der Waals surface area (Å²) in [4.78, 5) is 28.2. The molecule has 1 aromatic carbocycles. The molecule has 1 amide bonds. The molecule has 126 valence electrons. The molecule has 1 aromatic heterocycles. The maximum Gasteiger partial charge on any atom is 0.357 e. The number of amides is 1. The van der Waals surface area contributed by atoms with E-state index in [-0.39, 0.29) is 11.6 Å². The van der Waals surface area contributed by atoms with Gasteiger partial charge in [0, 0.05) is 11.9 Å². The molecule has 1 heterocycles. The minimum atomic E-state index is -0.913. The Morgan fingerprint density at radius 1 is 1.12 bits per heavy atom. The number of carbonyl (C=O) groups excluding carboxylic acids is 2. The van der Waals surface area contributed by atoms with Crippen LogP contribution in [0, 0.1) is 0 Å². The number of anilines is 1. The minimum absolute atomic E-state index is 0.178. The van der Waals surface area contributed by atoms with Crippen molar-refractivity contribution in [3.05, 3.63) is 59.9 Å². The second-order valence-electron chi connectivity index (χ2n) is 5.65. The zero-order chi connectivity index (χ0) is 17.5. The Kier molecular flexibility index (Phi) is 6.07. The van der Waals surface area contributed by atoms with Crippen LogP contribution >= 0.6 is 0 Å². The lowest BCUT2D eigenvalue weighted by atomic mass is 9.97. The highest BCUT2D eigenvalue weighted by molar-refractivity contribution is 5.97. The molecule has 1 N–H and O–H groups in total. The molecule has 2 atom stereocenters. The van der Waals surface area contributed by atoms with E-state index in [2.05, 4.69) is 24.1 Å². The van der Waals surface area contributed by atoms with E-state index < -0.39 is 12.1 Å². The van der Waals surface area contributed by atoms with Crippen LogP contribution < -0.4 is 5.32 Å². The number of pyridine rings is 1. The molecule has 2 rings (SSSR count). The number of nitrogens with zero attached hydrogens (tertiary/aromatic N) is 1. The maximum absolute atomic E-state index is 12.3. The smallest absolute Gasteiger partial charge is 0.357 e. The molecule has 0 fully saturated rings. The van der Waals surface area contributed by atoms with Gasteiger partial charge in [-0.05, 0) is 43.0 Å². The number of rotatable bonds is 6. The first-order valence-corrected chi connectivity index (χ1v) is 8.04. The zero-order valence-corrected chi connectivity index (χ0v) is 14.2. The van der Waals surface area contributed by atoms with Gasteiger partial charge < -0.3 is 10.1 Å². The molecule has 5 nitrogen and oxygen atoms in total. The van der Waals surface area contributed by atoms with E-state index in [4.69, 9.17) is 4.74 Å². The number of hydrogen-bond donors (Lipinski definition) is 1.